The van der Waals surface area contributed by atoms with Crippen molar-refractivity contribution in [2.75, 3.05) is 0 Å². The minimum absolute atomic E-state index is 0.177. The summed E-state index contributed by atoms with van der Waals surface area (Å²) in [5, 5.41) is 64.6. The average molecular weight is 1150 g/mol. The van der Waals surface area contributed by atoms with E-state index in [1.165, 1.54) is 24.3 Å². The van der Waals surface area contributed by atoms with Gasteiger partial charge < -0.3 is 20.4 Å². The molecule has 0 aromatic heterocycles. The van der Waals surface area contributed by atoms with E-state index in [1.807, 2.05) is 218 Å². The van der Waals surface area contributed by atoms with Crippen molar-refractivity contribution in [1.29, 1.82) is 0 Å². The number of hydrogen-bond donors (Lipinski definition) is 4. The SMILES string of the molecule is O=Nc1cc(O)c2cc1C(c1ccc(-c3ccccc3)cc1)c1cc(c(O)cc1O)C(c1ccc(-c3ccccc3)cc1)c1cc(c(N=O)cc1N=O)C(c1ccc(-c3ccccc3)cc1)c1cc(c(N=O)cc1O)C2c1ccc(-c2ccccc2)cc1. The Bertz CT molecular complexity index is 4530. The van der Waals surface area contributed by atoms with Crippen molar-refractivity contribution in [2.24, 2.45) is 20.7 Å². The van der Waals surface area contributed by atoms with Crippen LogP contribution in [-0.2, 0) is 0 Å². The fraction of sp³-hybridized carbons (Fsp3) is 0.0526. The van der Waals surface area contributed by atoms with Crippen LogP contribution in [-0.4, -0.2) is 20.4 Å². The number of hydrogen-bond acceptors (Lipinski definition) is 12. The molecule has 8 bridgehead atoms. The standard InChI is InChI=1S/C76H52N4O8/c81-69-42-67(79-87)59-38-61(69)73(53-29-21-49(22-30-53)45-13-5-1-6-14-45)57-37-58(66(78-86)41-65(57)77-85)74(54-31-23-50(24-32-54)46-15-7-2-8-16-46)63-40-64(72(84)44-71(63)83)76(56-35-27-52(28-36-56)48-19-11-4-12-20-48)60-39-62(70(82)43-68(60)80-88)75(59)55-33-25-51(26-34-55)47-17-9-3-10-18-47/h1-44,73-76,81-84H. The Morgan fingerprint density at radius 2 is 0.398 bits per heavy atom. The van der Waals surface area contributed by atoms with E-state index in [2.05, 4.69) is 20.7 Å². The molecule has 0 saturated heterocycles. The van der Waals surface area contributed by atoms with Gasteiger partial charge in [-0.3, -0.25) is 0 Å². The molecule has 4 N–H and O–H groups in total. The highest BCUT2D eigenvalue weighted by Crippen LogP contribution is 2.55. The molecule has 13 rings (SSSR count). The average Bonchev–Trinajstić information content (AvgIpc) is 1.02. The van der Waals surface area contributed by atoms with Gasteiger partial charge >= 0.3 is 0 Å². The van der Waals surface area contributed by atoms with Gasteiger partial charge in [0, 0.05) is 64.1 Å². The lowest BCUT2D eigenvalue weighted by Crippen LogP contribution is -2.13. The van der Waals surface area contributed by atoms with Crippen LogP contribution in [0.1, 0.15) is 90.4 Å². The molecule has 1 aliphatic carbocycles. The minimum atomic E-state index is -1.12. The summed E-state index contributed by atoms with van der Waals surface area (Å²) in [5.74, 6) is -5.96. The summed E-state index contributed by atoms with van der Waals surface area (Å²) in [6, 6.07) is 80.8. The maximum Gasteiger partial charge on any atom is 0.123 e. The van der Waals surface area contributed by atoms with Crippen LogP contribution in [0.15, 0.2) is 288 Å². The lowest BCUT2D eigenvalue weighted by molar-refractivity contribution is 0.440. The fourth-order valence-corrected chi connectivity index (χ4v) is 12.7. The molecule has 12 aromatic carbocycles. The van der Waals surface area contributed by atoms with E-state index >= 15 is 0 Å². The minimum Gasteiger partial charge on any atom is -0.508 e. The lowest BCUT2D eigenvalue weighted by Gasteiger charge is -2.29. The van der Waals surface area contributed by atoms with Crippen LogP contribution in [0.3, 0.4) is 0 Å². The van der Waals surface area contributed by atoms with Gasteiger partial charge in [-0.1, -0.05) is 218 Å². The van der Waals surface area contributed by atoms with Crippen LogP contribution >= 0.6 is 0 Å². The number of phenolic OH excluding ortho intramolecular Hbond substituents is 4. The van der Waals surface area contributed by atoms with Gasteiger partial charge in [0.15, 0.2) is 0 Å². The van der Waals surface area contributed by atoms with Gasteiger partial charge in [-0.2, -0.15) is 0 Å². The lowest BCUT2D eigenvalue weighted by atomic mass is 9.74. The van der Waals surface area contributed by atoms with Gasteiger partial charge in [-0.15, -0.1) is 19.6 Å². The van der Waals surface area contributed by atoms with Gasteiger partial charge in [-0.05, 0) is 140 Å². The second-order valence-electron chi connectivity index (χ2n) is 21.9. The van der Waals surface area contributed by atoms with Crippen LogP contribution in [0.25, 0.3) is 44.5 Å². The topological polar surface area (TPSA) is 199 Å². The molecule has 1 aliphatic rings. The Balaban J connectivity index is 1.16. The summed E-state index contributed by atoms with van der Waals surface area (Å²) < 4.78 is 0. The van der Waals surface area contributed by atoms with E-state index < -0.39 is 23.7 Å². The van der Waals surface area contributed by atoms with Crippen molar-refractivity contribution in [3.63, 3.8) is 0 Å². The predicted molar refractivity (Wildman–Crippen MR) is 346 cm³/mol. The Morgan fingerprint density at radius 1 is 0.205 bits per heavy atom. The Labute approximate surface area is 505 Å². The second kappa shape index (κ2) is 23.7. The molecule has 0 aliphatic heterocycles. The zero-order valence-corrected chi connectivity index (χ0v) is 46.9. The van der Waals surface area contributed by atoms with Crippen LogP contribution in [0.2, 0.25) is 0 Å². The van der Waals surface area contributed by atoms with Gasteiger partial charge in [0.25, 0.3) is 0 Å². The molecule has 88 heavy (non-hydrogen) atoms. The molecule has 424 valence electrons. The first-order valence-corrected chi connectivity index (χ1v) is 28.5. The number of benzene rings is 12. The third-order valence-corrected chi connectivity index (χ3v) is 17.0. The van der Waals surface area contributed by atoms with Crippen molar-refractivity contribution >= 4 is 22.7 Å². The summed E-state index contributed by atoms with van der Waals surface area (Å²) in [6.07, 6.45) is 0. The third kappa shape index (κ3) is 10.3. The molecule has 0 saturated carbocycles. The van der Waals surface area contributed by atoms with Crippen molar-refractivity contribution in [3.05, 3.63) is 353 Å². The molecule has 0 heterocycles. The molecular formula is C76H52N4O8. The third-order valence-electron chi connectivity index (χ3n) is 17.0. The number of rotatable bonds is 12. The summed E-state index contributed by atoms with van der Waals surface area (Å²) in [7, 11) is 0. The van der Waals surface area contributed by atoms with Crippen molar-refractivity contribution < 1.29 is 20.4 Å². The molecule has 12 nitrogen and oxygen atoms in total. The highest BCUT2D eigenvalue weighted by molar-refractivity contribution is 5.76. The molecule has 12 heteroatoms. The monoisotopic (exact) mass is 1150 g/mol. The Morgan fingerprint density at radius 3 is 0.636 bits per heavy atom. The summed E-state index contributed by atoms with van der Waals surface area (Å²) in [4.78, 5) is 54.4. The maximum atomic E-state index is 13.6. The van der Waals surface area contributed by atoms with Gasteiger partial charge in [0.1, 0.15) is 45.7 Å². The highest BCUT2D eigenvalue weighted by Gasteiger charge is 2.36. The van der Waals surface area contributed by atoms with Crippen LogP contribution in [0.5, 0.6) is 23.0 Å². The quantitative estimate of drug-likeness (QED) is 0.0866. The number of nitrogens with zero attached hydrogens (tertiary/aromatic N) is 4. The maximum absolute atomic E-state index is 13.6. The first kappa shape index (κ1) is 55.4. The smallest absolute Gasteiger partial charge is 0.123 e. The molecule has 0 spiro atoms. The zero-order chi connectivity index (χ0) is 60.4. The molecule has 0 amide bonds. The summed E-state index contributed by atoms with van der Waals surface area (Å²) in [5.41, 5.74) is 10.2. The first-order valence-electron chi connectivity index (χ1n) is 28.5. The van der Waals surface area contributed by atoms with Gasteiger partial charge in [0.05, 0.1) is 0 Å². The first-order chi connectivity index (χ1) is 43.1. The second-order valence-corrected chi connectivity index (χ2v) is 21.9. The Kier molecular flexibility index (Phi) is 14.9. The van der Waals surface area contributed by atoms with Gasteiger partial charge in [0.2, 0.25) is 0 Å². The number of fused-ring (bicyclic) bond motifs is 8. The van der Waals surface area contributed by atoms with E-state index in [4.69, 9.17) is 0 Å². The number of nitroso groups, excluding NO2 is 4. The molecule has 12 aromatic rings. The molecule has 4 atom stereocenters. The number of aromatic hydroxyl groups is 4. The molecule has 0 fully saturated rings. The Hall–Kier alpha value is -11.8. The van der Waals surface area contributed by atoms with E-state index in [0.29, 0.717) is 22.3 Å². The molecular weight excluding hydrogens is 1100 g/mol. The summed E-state index contributed by atoms with van der Waals surface area (Å²) >= 11 is 0. The van der Waals surface area contributed by atoms with Gasteiger partial charge in [-0.25, -0.2) is 0 Å². The highest BCUT2D eigenvalue weighted by atomic mass is 16.3. The predicted octanol–water partition coefficient (Wildman–Crippen LogP) is 19.8. The van der Waals surface area contributed by atoms with Crippen molar-refractivity contribution in [1.82, 2.24) is 0 Å². The van der Waals surface area contributed by atoms with Crippen molar-refractivity contribution in [3.8, 4) is 67.5 Å². The largest absolute Gasteiger partial charge is 0.508 e. The zero-order valence-electron chi connectivity index (χ0n) is 46.9. The van der Waals surface area contributed by atoms with Crippen LogP contribution < -0.4 is 0 Å². The molecule has 4 unspecified atom stereocenters. The fourth-order valence-electron chi connectivity index (χ4n) is 12.7. The number of phenols is 4. The van der Waals surface area contributed by atoms with E-state index in [9.17, 15) is 40.1 Å². The molecule has 0 radical (unpaired) electrons. The van der Waals surface area contributed by atoms with E-state index in [-0.39, 0.29) is 90.3 Å². The summed E-state index contributed by atoms with van der Waals surface area (Å²) in [6.45, 7) is 0. The van der Waals surface area contributed by atoms with E-state index in [1.54, 1.807) is 24.3 Å². The van der Waals surface area contributed by atoms with E-state index in [0.717, 1.165) is 44.5 Å². The van der Waals surface area contributed by atoms with Crippen LogP contribution in [0.4, 0.5) is 22.7 Å². The normalized spacial score (nSPS) is 15.2. The van der Waals surface area contributed by atoms with Crippen LogP contribution in [0, 0.1) is 19.6 Å². The van der Waals surface area contributed by atoms with Crippen molar-refractivity contribution in [2.45, 2.75) is 23.7 Å².